The van der Waals surface area contributed by atoms with E-state index in [1.807, 2.05) is 36.4 Å². The van der Waals surface area contributed by atoms with Crippen LogP contribution < -0.4 is 5.32 Å². The van der Waals surface area contributed by atoms with Crippen LogP contribution in [-0.2, 0) is 22.2 Å². The number of hydrogen-bond acceptors (Lipinski definition) is 3. The van der Waals surface area contributed by atoms with Crippen molar-refractivity contribution in [2.75, 3.05) is 6.54 Å². The van der Waals surface area contributed by atoms with E-state index in [0.29, 0.717) is 12.0 Å². The fourth-order valence-electron chi connectivity index (χ4n) is 4.51. The minimum Gasteiger partial charge on any atom is -0.319 e. The van der Waals surface area contributed by atoms with Crippen LogP contribution in [0.2, 0.25) is 0 Å². The van der Waals surface area contributed by atoms with Gasteiger partial charge in [-0.25, -0.2) is 4.79 Å². The number of imide groups is 1. The molecule has 2 aliphatic rings. The normalized spacial score (nSPS) is 21.4. The Labute approximate surface area is 177 Å². The van der Waals surface area contributed by atoms with E-state index < -0.39 is 11.6 Å². The highest BCUT2D eigenvalue weighted by Gasteiger charge is 2.53. The fraction of sp³-hybridized carbons (Fsp3) is 0.400. The molecule has 1 fully saturated rings. The van der Waals surface area contributed by atoms with Crippen LogP contribution in [0, 0.1) is 0 Å². The summed E-state index contributed by atoms with van der Waals surface area (Å²) < 4.78 is 0. The van der Waals surface area contributed by atoms with Gasteiger partial charge in [0, 0.05) is 5.56 Å². The summed E-state index contributed by atoms with van der Waals surface area (Å²) in [4.78, 5) is 40.2. The van der Waals surface area contributed by atoms with Crippen molar-refractivity contribution in [1.29, 1.82) is 0 Å². The Morgan fingerprint density at radius 3 is 2.43 bits per heavy atom. The third-order valence-electron chi connectivity index (χ3n) is 6.28. The number of hydrogen-bond donors (Lipinski definition) is 1. The zero-order valence-electron chi connectivity index (χ0n) is 17.8. The van der Waals surface area contributed by atoms with Crippen LogP contribution >= 0.6 is 0 Å². The van der Waals surface area contributed by atoms with Gasteiger partial charge in [0.05, 0.1) is 6.54 Å². The summed E-state index contributed by atoms with van der Waals surface area (Å²) in [7, 11) is 0. The Kier molecular flexibility index (Phi) is 5.00. The summed E-state index contributed by atoms with van der Waals surface area (Å²) in [5.41, 5.74) is 2.53. The summed E-state index contributed by atoms with van der Waals surface area (Å²) >= 11 is 0. The van der Waals surface area contributed by atoms with Crippen LogP contribution in [0.3, 0.4) is 0 Å². The molecule has 2 aromatic carbocycles. The van der Waals surface area contributed by atoms with Crippen molar-refractivity contribution in [3.05, 3.63) is 70.8 Å². The molecule has 1 N–H and O–H groups in total. The molecule has 1 saturated heterocycles. The van der Waals surface area contributed by atoms with E-state index in [2.05, 4.69) is 26.1 Å². The molecule has 1 spiro atoms. The number of nitrogens with zero attached hydrogens (tertiary/aromatic N) is 1. The zero-order chi connectivity index (χ0) is 21.5. The lowest BCUT2D eigenvalue weighted by molar-refractivity contribution is -0.131. The van der Waals surface area contributed by atoms with Gasteiger partial charge in [-0.05, 0) is 47.8 Å². The van der Waals surface area contributed by atoms with E-state index in [9.17, 15) is 14.4 Å². The van der Waals surface area contributed by atoms with Crippen LogP contribution in [-0.4, -0.2) is 29.2 Å². The van der Waals surface area contributed by atoms with Gasteiger partial charge < -0.3 is 5.32 Å². The van der Waals surface area contributed by atoms with Crippen LogP contribution in [0.1, 0.15) is 67.1 Å². The molecule has 0 radical (unpaired) electrons. The summed E-state index contributed by atoms with van der Waals surface area (Å²) in [6.07, 6.45) is 3.26. The van der Waals surface area contributed by atoms with Crippen molar-refractivity contribution >= 4 is 17.7 Å². The van der Waals surface area contributed by atoms with Crippen LogP contribution in [0.4, 0.5) is 4.79 Å². The van der Waals surface area contributed by atoms with Crippen molar-refractivity contribution in [3.63, 3.8) is 0 Å². The van der Waals surface area contributed by atoms with Crippen molar-refractivity contribution in [1.82, 2.24) is 10.2 Å². The maximum absolute atomic E-state index is 13.5. The third-order valence-corrected chi connectivity index (χ3v) is 6.28. The van der Waals surface area contributed by atoms with Crippen LogP contribution in [0.15, 0.2) is 48.5 Å². The average molecular weight is 405 g/mol. The quantitative estimate of drug-likeness (QED) is 0.611. The van der Waals surface area contributed by atoms with Gasteiger partial charge in [-0.1, -0.05) is 69.3 Å². The van der Waals surface area contributed by atoms with Crippen molar-refractivity contribution in [3.8, 4) is 0 Å². The van der Waals surface area contributed by atoms with Gasteiger partial charge in [0.2, 0.25) is 0 Å². The summed E-state index contributed by atoms with van der Waals surface area (Å²) in [5.74, 6) is -0.556. The molecular formula is C25H28N2O3. The Morgan fingerprint density at radius 1 is 1.03 bits per heavy atom. The van der Waals surface area contributed by atoms with E-state index in [-0.39, 0.29) is 23.7 Å². The first kappa shape index (κ1) is 20.3. The SMILES string of the molecule is CC(C)(C)c1ccc(C(=O)CN2C(=O)N[C@@]3(CCCCc4ccccc43)C2=O)cc1. The lowest BCUT2D eigenvalue weighted by atomic mass is 9.84. The molecule has 5 heteroatoms. The fourth-order valence-corrected chi connectivity index (χ4v) is 4.51. The van der Waals surface area contributed by atoms with Gasteiger partial charge in [-0.2, -0.15) is 0 Å². The number of Topliss-reactive ketones (excluding diaryl/α,β-unsaturated/α-hetero) is 1. The number of urea groups is 1. The molecule has 5 nitrogen and oxygen atoms in total. The molecular weight excluding hydrogens is 376 g/mol. The van der Waals surface area contributed by atoms with Crippen molar-refractivity contribution in [2.24, 2.45) is 0 Å². The third kappa shape index (κ3) is 3.42. The van der Waals surface area contributed by atoms with E-state index >= 15 is 0 Å². The first-order chi connectivity index (χ1) is 14.2. The van der Waals surface area contributed by atoms with Gasteiger partial charge >= 0.3 is 6.03 Å². The molecule has 4 rings (SSSR count). The number of ketones is 1. The largest absolute Gasteiger partial charge is 0.325 e. The molecule has 0 aromatic heterocycles. The number of nitrogens with one attached hydrogen (secondary N) is 1. The van der Waals surface area contributed by atoms with E-state index in [4.69, 9.17) is 0 Å². The molecule has 2 aromatic rings. The second-order valence-corrected chi connectivity index (χ2v) is 9.34. The minimum absolute atomic E-state index is 0.00829. The highest BCUT2D eigenvalue weighted by Crippen LogP contribution is 2.39. The van der Waals surface area contributed by atoms with E-state index in [1.165, 1.54) is 0 Å². The highest BCUT2D eigenvalue weighted by molar-refractivity contribution is 6.11. The molecule has 0 bridgehead atoms. The minimum atomic E-state index is -1.06. The van der Waals surface area contributed by atoms with E-state index in [0.717, 1.165) is 40.9 Å². The predicted octanol–water partition coefficient (Wildman–Crippen LogP) is 4.34. The molecule has 0 saturated carbocycles. The Bertz CT molecular complexity index is 1000. The maximum Gasteiger partial charge on any atom is 0.325 e. The van der Waals surface area contributed by atoms with Gasteiger partial charge in [-0.15, -0.1) is 0 Å². The maximum atomic E-state index is 13.5. The van der Waals surface area contributed by atoms with Gasteiger partial charge in [0.15, 0.2) is 5.78 Å². The first-order valence-electron chi connectivity index (χ1n) is 10.6. The number of amides is 3. The Hall–Kier alpha value is -2.95. The summed E-state index contributed by atoms with van der Waals surface area (Å²) in [5, 5.41) is 2.94. The molecule has 1 atom stereocenters. The predicted molar refractivity (Wildman–Crippen MR) is 115 cm³/mol. The molecule has 1 aliphatic heterocycles. The second kappa shape index (κ2) is 7.38. The molecule has 3 amide bonds. The average Bonchev–Trinajstić information content (AvgIpc) is 2.86. The number of rotatable bonds is 3. The van der Waals surface area contributed by atoms with E-state index in [1.54, 1.807) is 12.1 Å². The van der Waals surface area contributed by atoms with Crippen molar-refractivity contribution < 1.29 is 14.4 Å². The van der Waals surface area contributed by atoms with Gasteiger partial charge in [0.1, 0.15) is 5.54 Å². The zero-order valence-corrected chi connectivity index (χ0v) is 17.8. The lowest BCUT2D eigenvalue weighted by Gasteiger charge is -2.27. The molecule has 0 unspecified atom stereocenters. The lowest BCUT2D eigenvalue weighted by Crippen LogP contribution is -2.44. The Morgan fingerprint density at radius 2 is 1.73 bits per heavy atom. The Balaban J connectivity index is 1.59. The molecule has 1 aliphatic carbocycles. The molecule has 156 valence electrons. The molecule has 30 heavy (non-hydrogen) atoms. The topological polar surface area (TPSA) is 66.5 Å². The summed E-state index contributed by atoms with van der Waals surface area (Å²) in [6.45, 7) is 6.09. The smallest absolute Gasteiger partial charge is 0.319 e. The van der Waals surface area contributed by atoms with Gasteiger partial charge in [-0.3, -0.25) is 14.5 Å². The monoisotopic (exact) mass is 404 g/mol. The number of fused-ring (bicyclic) bond motifs is 2. The summed E-state index contributed by atoms with van der Waals surface area (Å²) in [6, 6.07) is 14.7. The van der Waals surface area contributed by atoms with Crippen LogP contribution in [0.5, 0.6) is 0 Å². The number of aryl methyl sites for hydroxylation is 1. The highest BCUT2D eigenvalue weighted by atomic mass is 16.2. The molecule has 1 heterocycles. The van der Waals surface area contributed by atoms with Crippen LogP contribution in [0.25, 0.3) is 0 Å². The van der Waals surface area contributed by atoms with Gasteiger partial charge in [0.25, 0.3) is 5.91 Å². The number of benzene rings is 2. The van der Waals surface area contributed by atoms with Crippen molar-refractivity contribution in [2.45, 2.75) is 57.4 Å². The second-order valence-electron chi connectivity index (χ2n) is 9.34. The standard InChI is InChI=1S/C25H28N2O3/c1-24(2,3)19-13-11-18(12-14-19)21(28)16-27-22(29)25(26-23(27)30)15-7-6-9-17-8-4-5-10-20(17)25/h4-5,8,10-14H,6-7,9,15-16H2,1-3H3,(H,26,30)/t25-/m1/s1. The number of carbonyl (C=O) groups is 3. The number of carbonyl (C=O) groups excluding carboxylic acids is 3. The first-order valence-corrected chi connectivity index (χ1v) is 10.6.